The van der Waals surface area contributed by atoms with Gasteiger partial charge in [-0.1, -0.05) is 18.2 Å². The van der Waals surface area contributed by atoms with Crippen LogP contribution in [0, 0.1) is 11.2 Å². The highest BCUT2D eigenvalue weighted by Crippen LogP contribution is 2.44. The van der Waals surface area contributed by atoms with E-state index in [2.05, 4.69) is 0 Å². The van der Waals surface area contributed by atoms with E-state index in [1.54, 1.807) is 37.2 Å². The standard InChI is InChI=1S/C13H16FNO3/c1-15(2)11(9-5-3-4-6-10(9)14)13(12(16)17)7-18-8-13/h3-6,11H,7-8H2,1-2H3,(H,16,17). The maximum absolute atomic E-state index is 13.9. The zero-order valence-corrected chi connectivity index (χ0v) is 10.4. The van der Waals surface area contributed by atoms with E-state index < -0.39 is 17.4 Å². The first-order valence-corrected chi connectivity index (χ1v) is 5.71. The van der Waals surface area contributed by atoms with Crippen LogP contribution in [-0.2, 0) is 9.53 Å². The quantitative estimate of drug-likeness (QED) is 0.884. The third-order valence-corrected chi connectivity index (χ3v) is 3.38. The van der Waals surface area contributed by atoms with Crippen molar-refractivity contribution in [3.63, 3.8) is 0 Å². The molecule has 0 bridgehead atoms. The summed E-state index contributed by atoms with van der Waals surface area (Å²) in [4.78, 5) is 13.2. The molecule has 98 valence electrons. The molecule has 2 rings (SSSR count). The van der Waals surface area contributed by atoms with Gasteiger partial charge < -0.3 is 14.7 Å². The van der Waals surface area contributed by atoms with E-state index in [0.717, 1.165) is 0 Å². The third-order valence-electron chi connectivity index (χ3n) is 3.38. The minimum absolute atomic E-state index is 0.111. The van der Waals surface area contributed by atoms with Crippen molar-refractivity contribution in [3.8, 4) is 0 Å². The smallest absolute Gasteiger partial charge is 0.316 e. The number of nitrogens with zero attached hydrogens (tertiary/aromatic N) is 1. The molecular formula is C13H16FNO3. The Labute approximate surface area is 105 Å². The Morgan fingerprint density at radius 2 is 2.06 bits per heavy atom. The average Bonchev–Trinajstić information content (AvgIpc) is 2.23. The minimum Gasteiger partial charge on any atom is -0.481 e. The lowest BCUT2D eigenvalue weighted by atomic mass is 9.74. The van der Waals surface area contributed by atoms with Gasteiger partial charge in [0.2, 0.25) is 0 Å². The van der Waals surface area contributed by atoms with Crippen LogP contribution < -0.4 is 0 Å². The predicted molar refractivity (Wildman–Crippen MR) is 63.7 cm³/mol. The van der Waals surface area contributed by atoms with E-state index in [0.29, 0.717) is 5.56 Å². The Bertz CT molecular complexity index is 457. The van der Waals surface area contributed by atoms with Gasteiger partial charge in [0.15, 0.2) is 0 Å². The second-order valence-electron chi connectivity index (χ2n) is 4.84. The number of carbonyl (C=O) groups is 1. The number of hydrogen-bond acceptors (Lipinski definition) is 3. The van der Waals surface area contributed by atoms with Gasteiger partial charge >= 0.3 is 5.97 Å². The van der Waals surface area contributed by atoms with E-state index in [-0.39, 0.29) is 19.0 Å². The number of carboxylic acids is 1. The van der Waals surface area contributed by atoms with Gasteiger partial charge in [-0.2, -0.15) is 0 Å². The first-order chi connectivity index (χ1) is 8.49. The number of benzene rings is 1. The summed E-state index contributed by atoms with van der Waals surface area (Å²) in [6, 6.07) is 5.74. The number of aliphatic carboxylic acids is 1. The molecule has 0 spiro atoms. The van der Waals surface area contributed by atoms with Crippen LogP contribution in [0.5, 0.6) is 0 Å². The highest BCUT2D eigenvalue weighted by atomic mass is 19.1. The van der Waals surface area contributed by atoms with Crippen molar-refractivity contribution in [1.82, 2.24) is 4.90 Å². The summed E-state index contributed by atoms with van der Waals surface area (Å²) >= 11 is 0. The fraction of sp³-hybridized carbons (Fsp3) is 0.462. The summed E-state index contributed by atoms with van der Waals surface area (Å²) < 4.78 is 19.0. The highest BCUT2D eigenvalue weighted by molar-refractivity contribution is 5.77. The lowest BCUT2D eigenvalue weighted by Gasteiger charge is -2.46. The molecule has 0 aliphatic carbocycles. The van der Waals surface area contributed by atoms with Gasteiger partial charge in [-0.25, -0.2) is 4.39 Å². The number of hydrogen-bond donors (Lipinski definition) is 1. The maximum Gasteiger partial charge on any atom is 0.316 e. The summed E-state index contributed by atoms with van der Waals surface area (Å²) in [6.07, 6.45) is 0. The van der Waals surface area contributed by atoms with Gasteiger partial charge in [-0.15, -0.1) is 0 Å². The molecule has 5 heteroatoms. The van der Waals surface area contributed by atoms with Gasteiger partial charge in [0.05, 0.1) is 19.3 Å². The molecule has 0 radical (unpaired) electrons. The zero-order chi connectivity index (χ0) is 13.3. The largest absolute Gasteiger partial charge is 0.481 e. The molecule has 1 unspecified atom stereocenters. The van der Waals surface area contributed by atoms with Crippen LogP contribution in [0.1, 0.15) is 11.6 Å². The number of rotatable bonds is 4. The Morgan fingerprint density at radius 1 is 1.44 bits per heavy atom. The number of halogens is 1. The van der Waals surface area contributed by atoms with E-state index in [4.69, 9.17) is 4.74 Å². The second kappa shape index (κ2) is 4.66. The van der Waals surface area contributed by atoms with Gasteiger partial charge in [0.1, 0.15) is 11.2 Å². The molecule has 1 fully saturated rings. The molecule has 1 atom stereocenters. The van der Waals surface area contributed by atoms with Crippen LogP contribution in [0.25, 0.3) is 0 Å². The minimum atomic E-state index is -1.06. The van der Waals surface area contributed by atoms with Gasteiger partial charge in [0, 0.05) is 5.56 Å². The Hall–Kier alpha value is -1.46. The van der Waals surface area contributed by atoms with Crippen LogP contribution in [0.2, 0.25) is 0 Å². The van der Waals surface area contributed by atoms with E-state index in [1.165, 1.54) is 6.07 Å². The maximum atomic E-state index is 13.9. The molecule has 1 aromatic carbocycles. The van der Waals surface area contributed by atoms with Crippen molar-refractivity contribution in [3.05, 3.63) is 35.6 Å². The predicted octanol–water partition coefficient (Wildman–Crippen LogP) is 1.53. The topological polar surface area (TPSA) is 49.8 Å². The molecule has 1 aliphatic rings. The van der Waals surface area contributed by atoms with Crippen LogP contribution >= 0.6 is 0 Å². The Balaban J connectivity index is 2.47. The summed E-state index contributed by atoms with van der Waals surface area (Å²) in [7, 11) is 3.50. The zero-order valence-electron chi connectivity index (χ0n) is 10.4. The van der Waals surface area contributed by atoms with Gasteiger partial charge in [-0.3, -0.25) is 4.79 Å². The molecule has 1 saturated heterocycles. The van der Waals surface area contributed by atoms with Crippen LogP contribution in [0.4, 0.5) is 4.39 Å². The van der Waals surface area contributed by atoms with Crippen molar-refractivity contribution in [2.24, 2.45) is 5.41 Å². The second-order valence-corrected chi connectivity index (χ2v) is 4.84. The summed E-state index contributed by atoms with van der Waals surface area (Å²) in [6.45, 7) is 0.221. The van der Waals surface area contributed by atoms with E-state index >= 15 is 0 Å². The first-order valence-electron chi connectivity index (χ1n) is 5.71. The van der Waals surface area contributed by atoms with Crippen molar-refractivity contribution in [1.29, 1.82) is 0 Å². The summed E-state index contributed by atoms with van der Waals surface area (Å²) in [5.74, 6) is -1.33. The molecule has 0 aromatic heterocycles. The lowest BCUT2D eigenvalue weighted by molar-refractivity contribution is -0.194. The van der Waals surface area contributed by atoms with Gasteiger partial charge in [-0.05, 0) is 20.2 Å². The summed E-state index contributed by atoms with van der Waals surface area (Å²) in [5, 5.41) is 9.43. The molecular weight excluding hydrogens is 237 g/mol. The number of carboxylic acid groups (broad SMARTS) is 1. The van der Waals surface area contributed by atoms with Crippen LogP contribution in [-0.4, -0.2) is 43.3 Å². The fourth-order valence-corrected chi connectivity index (χ4v) is 2.49. The van der Waals surface area contributed by atoms with Crippen LogP contribution in [0.3, 0.4) is 0 Å². The highest BCUT2D eigenvalue weighted by Gasteiger charge is 2.54. The van der Waals surface area contributed by atoms with Crippen molar-refractivity contribution < 1.29 is 19.0 Å². The monoisotopic (exact) mass is 253 g/mol. The van der Waals surface area contributed by atoms with Gasteiger partial charge in [0.25, 0.3) is 0 Å². The molecule has 1 N–H and O–H groups in total. The third kappa shape index (κ3) is 1.89. The molecule has 1 heterocycles. The van der Waals surface area contributed by atoms with Crippen molar-refractivity contribution in [2.75, 3.05) is 27.3 Å². The van der Waals surface area contributed by atoms with Crippen molar-refractivity contribution >= 4 is 5.97 Å². The average molecular weight is 253 g/mol. The summed E-state index contributed by atoms with van der Waals surface area (Å²) in [5.41, 5.74) is -0.667. The van der Waals surface area contributed by atoms with Crippen molar-refractivity contribution in [2.45, 2.75) is 6.04 Å². The molecule has 18 heavy (non-hydrogen) atoms. The molecule has 0 saturated carbocycles. The molecule has 1 aliphatic heterocycles. The Kier molecular flexibility index (Phi) is 3.36. The normalized spacial score (nSPS) is 19.3. The number of ether oxygens (including phenoxy) is 1. The SMILES string of the molecule is CN(C)C(c1ccccc1F)C1(C(=O)O)COC1. The molecule has 4 nitrogen and oxygen atoms in total. The fourth-order valence-electron chi connectivity index (χ4n) is 2.49. The first kappa shape index (κ1) is 13.0. The lowest BCUT2D eigenvalue weighted by Crippen LogP contribution is -2.56. The molecule has 0 amide bonds. The van der Waals surface area contributed by atoms with E-state index in [1.807, 2.05) is 0 Å². The molecule has 1 aromatic rings. The Morgan fingerprint density at radius 3 is 2.44 bits per heavy atom. The van der Waals surface area contributed by atoms with Crippen LogP contribution in [0.15, 0.2) is 24.3 Å². The van der Waals surface area contributed by atoms with E-state index in [9.17, 15) is 14.3 Å².